The van der Waals surface area contributed by atoms with Crippen molar-refractivity contribution in [1.82, 2.24) is 9.97 Å². The first-order chi connectivity index (χ1) is 4.20. The van der Waals surface area contributed by atoms with E-state index in [1.165, 1.54) is 0 Å². The van der Waals surface area contributed by atoms with Gasteiger partial charge >= 0.3 is 0 Å². The third-order valence-electron chi connectivity index (χ3n) is 0.876. The Labute approximate surface area is 57.9 Å². The van der Waals surface area contributed by atoms with Crippen LogP contribution in [0.25, 0.3) is 0 Å². The maximum Gasteiger partial charge on any atom is 0.171 e. The zero-order valence-corrected chi connectivity index (χ0v) is 5.68. The molecule has 2 N–H and O–H groups in total. The molecule has 0 saturated heterocycles. The van der Waals surface area contributed by atoms with Crippen LogP contribution in [0.1, 0.15) is 5.69 Å². The Morgan fingerprint density at radius 2 is 2.33 bits per heavy atom. The Balaban J connectivity index is 3.17. The monoisotopic (exact) mass is 143 g/mol. The van der Waals surface area contributed by atoms with Crippen LogP contribution in [0.4, 0.5) is 5.82 Å². The molecule has 4 heteroatoms. The molecule has 0 unspecified atom stereocenters. The highest BCUT2D eigenvalue weighted by molar-refractivity contribution is 6.31. The summed E-state index contributed by atoms with van der Waals surface area (Å²) in [6.45, 7) is 1.80. The van der Waals surface area contributed by atoms with Crippen molar-refractivity contribution >= 4 is 17.4 Å². The average molecular weight is 144 g/mol. The highest BCUT2D eigenvalue weighted by atomic mass is 35.5. The van der Waals surface area contributed by atoms with Crippen LogP contribution in [0, 0.1) is 6.92 Å². The number of nitrogens with zero attached hydrogens (tertiary/aromatic N) is 2. The molecule has 0 aliphatic carbocycles. The summed E-state index contributed by atoms with van der Waals surface area (Å²) in [6, 6.07) is 0. The fourth-order valence-electron chi connectivity index (χ4n) is 0.457. The van der Waals surface area contributed by atoms with Crippen LogP contribution in [0.2, 0.25) is 5.15 Å². The van der Waals surface area contributed by atoms with E-state index in [0.717, 1.165) is 5.69 Å². The second kappa shape index (κ2) is 2.19. The molecule has 9 heavy (non-hydrogen) atoms. The van der Waals surface area contributed by atoms with Crippen molar-refractivity contribution in [2.75, 3.05) is 5.73 Å². The molecule has 0 aromatic carbocycles. The highest BCUT2D eigenvalue weighted by Crippen LogP contribution is 2.10. The minimum absolute atomic E-state index is 0.273. The number of aromatic nitrogens is 2. The smallest absolute Gasteiger partial charge is 0.171 e. The van der Waals surface area contributed by atoms with Gasteiger partial charge in [0, 0.05) is 0 Å². The van der Waals surface area contributed by atoms with Gasteiger partial charge in [-0.2, -0.15) is 0 Å². The maximum atomic E-state index is 5.52. The van der Waals surface area contributed by atoms with E-state index in [-0.39, 0.29) is 11.0 Å². The zero-order valence-electron chi connectivity index (χ0n) is 4.93. The summed E-state index contributed by atoms with van der Waals surface area (Å²) in [5, 5.41) is 0.273. The molecule has 0 amide bonds. The van der Waals surface area contributed by atoms with E-state index < -0.39 is 0 Å². The normalized spacial score (nSPS) is 9.56. The van der Waals surface area contributed by atoms with E-state index in [1.54, 1.807) is 13.1 Å². The largest absolute Gasteiger partial charge is 0.381 e. The van der Waals surface area contributed by atoms with Gasteiger partial charge in [-0.05, 0) is 6.92 Å². The Hall–Kier alpha value is -0.830. The molecule has 0 aliphatic heterocycles. The van der Waals surface area contributed by atoms with Gasteiger partial charge in [0.2, 0.25) is 0 Å². The van der Waals surface area contributed by atoms with Crippen LogP contribution < -0.4 is 5.73 Å². The molecule has 0 radical (unpaired) electrons. The van der Waals surface area contributed by atoms with Crippen molar-refractivity contribution in [2.45, 2.75) is 6.92 Å². The summed E-state index contributed by atoms with van der Waals surface area (Å²) in [5.41, 5.74) is 6.06. The second-order valence-electron chi connectivity index (χ2n) is 1.69. The van der Waals surface area contributed by atoms with Gasteiger partial charge in [-0.25, -0.2) is 9.97 Å². The Morgan fingerprint density at radius 1 is 1.67 bits per heavy atom. The Kier molecular flexibility index (Phi) is 1.53. The molecule has 1 aromatic rings. The summed E-state index contributed by atoms with van der Waals surface area (Å²) >= 11 is 5.52. The van der Waals surface area contributed by atoms with Crippen LogP contribution in [-0.2, 0) is 0 Å². The number of rotatable bonds is 0. The van der Waals surface area contributed by atoms with Crippen molar-refractivity contribution < 1.29 is 0 Å². The number of nitrogen functional groups attached to an aromatic ring is 1. The Morgan fingerprint density at radius 3 is 2.78 bits per heavy atom. The number of aryl methyl sites for hydroxylation is 1. The molecular weight excluding hydrogens is 138 g/mol. The van der Waals surface area contributed by atoms with E-state index in [4.69, 9.17) is 17.3 Å². The average Bonchev–Trinajstić information content (AvgIpc) is 1.80. The van der Waals surface area contributed by atoms with Gasteiger partial charge in [0.05, 0.1) is 11.9 Å². The summed E-state index contributed by atoms with van der Waals surface area (Å²) in [6.07, 6.45) is 1.57. The standard InChI is InChI=1S/C5H6ClN3/c1-3-2-8-5(7)4(6)9-3/h2H,1H3,(H2,7,8). The zero-order chi connectivity index (χ0) is 6.85. The van der Waals surface area contributed by atoms with Crippen molar-refractivity contribution in [2.24, 2.45) is 0 Å². The molecule has 0 bridgehead atoms. The number of nitrogens with two attached hydrogens (primary N) is 1. The van der Waals surface area contributed by atoms with Gasteiger partial charge < -0.3 is 5.73 Å². The lowest BCUT2D eigenvalue weighted by Crippen LogP contribution is -1.94. The molecular formula is C5H6ClN3. The Bertz CT molecular complexity index is 223. The lowest BCUT2D eigenvalue weighted by molar-refractivity contribution is 1.13. The fraction of sp³-hybridized carbons (Fsp3) is 0.200. The van der Waals surface area contributed by atoms with Gasteiger partial charge in [-0.15, -0.1) is 0 Å². The first-order valence-electron chi connectivity index (χ1n) is 2.45. The minimum Gasteiger partial charge on any atom is -0.381 e. The van der Waals surface area contributed by atoms with Gasteiger partial charge in [-0.3, -0.25) is 0 Å². The van der Waals surface area contributed by atoms with Crippen molar-refractivity contribution in [3.63, 3.8) is 0 Å². The summed E-state index contributed by atoms with van der Waals surface area (Å²) in [7, 11) is 0. The summed E-state index contributed by atoms with van der Waals surface area (Å²) in [5.74, 6) is 0.280. The predicted octanol–water partition coefficient (Wildman–Crippen LogP) is 1.02. The molecule has 1 heterocycles. The molecule has 3 nitrogen and oxygen atoms in total. The highest BCUT2D eigenvalue weighted by Gasteiger charge is 1.95. The van der Waals surface area contributed by atoms with Crippen LogP contribution in [0.15, 0.2) is 6.20 Å². The summed E-state index contributed by atoms with van der Waals surface area (Å²) < 4.78 is 0. The SMILES string of the molecule is Cc1cnc(N)c(Cl)n1. The lowest BCUT2D eigenvalue weighted by Gasteiger charge is -1.94. The third kappa shape index (κ3) is 1.29. The van der Waals surface area contributed by atoms with Crippen LogP contribution in [-0.4, -0.2) is 9.97 Å². The van der Waals surface area contributed by atoms with Crippen molar-refractivity contribution in [1.29, 1.82) is 0 Å². The quantitative estimate of drug-likeness (QED) is 0.590. The minimum atomic E-state index is 0.273. The lowest BCUT2D eigenvalue weighted by atomic mass is 10.5. The van der Waals surface area contributed by atoms with Gasteiger partial charge in [0.15, 0.2) is 11.0 Å². The van der Waals surface area contributed by atoms with E-state index in [2.05, 4.69) is 9.97 Å². The van der Waals surface area contributed by atoms with Crippen LogP contribution in [0.5, 0.6) is 0 Å². The molecule has 1 rings (SSSR count). The second-order valence-corrected chi connectivity index (χ2v) is 2.05. The summed E-state index contributed by atoms with van der Waals surface area (Å²) in [4.78, 5) is 7.61. The molecule has 0 aliphatic rings. The van der Waals surface area contributed by atoms with Gasteiger partial charge in [0.1, 0.15) is 0 Å². The van der Waals surface area contributed by atoms with E-state index in [9.17, 15) is 0 Å². The molecule has 48 valence electrons. The van der Waals surface area contributed by atoms with E-state index >= 15 is 0 Å². The molecule has 0 atom stereocenters. The van der Waals surface area contributed by atoms with Gasteiger partial charge in [-0.1, -0.05) is 11.6 Å². The first kappa shape index (κ1) is 6.29. The van der Waals surface area contributed by atoms with Crippen LogP contribution in [0.3, 0.4) is 0 Å². The van der Waals surface area contributed by atoms with Crippen LogP contribution >= 0.6 is 11.6 Å². The molecule has 1 aromatic heterocycles. The number of hydrogen-bond donors (Lipinski definition) is 1. The maximum absolute atomic E-state index is 5.52. The van der Waals surface area contributed by atoms with E-state index in [0.29, 0.717) is 0 Å². The number of anilines is 1. The third-order valence-corrected chi connectivity index (χ3v) is 1.15. The van der Waals surface area contributed by atoms with Crippen molar-refractivity contribution in [3.8, 4) is 0 Å². The van der Waals surface area contributed by atoms with Crippen molar-refractivity contribution in [3.05, 3.63) is 17.0 Å². The van der Waals surface area contributed by atoms with E-state index in [1.807, 2.05) is 0 Å². The first-order valence-corrected chi connectivity index (χ1v) is 2.82. The molecule has 0 fully saturated rings. The topological polar surface area (TPSA) is 51.8 Å². The van der Waals surface area contributed by atoms with Gasteiger partial charge in [0.25, 0.3) is 0 Å². The molecule has 0 spiro atoms. The molecule has 0 saturated carbocycles. The number of hydrogen-bond acceptors (Lipinski definition) is 3. The fourth-order valence-corrected chi connectivity index (χ4v) is 0.639. The number of halogens is 1. The predicted molar refractivity (Wildman–Crippen MR) is 36.2 cm³/mol.